The molecule has 1 heterocycles. The number of benzene rings is 2. The molecule has 0 aromatic heterocycles. The van der Waals surface area contributed by atoms with Crippen molar-refractivity contribution in [3.63, 3.8) is 0 Å². The number of halogens is 3. The summed E-state index contributed by atoms with van der Waals surface area (Å²) < 4.78 is 39.5. The number of rotatable bonds is 3. The number of carbonyl (C=O) groups excluding carboxylic acids is 1. The maximum Gasteiger partial charge on any atom is 0.418 e. The van der Waals surface area contributed by atoms with Gasteiger partial charge in [0.25, 0.3) is 0 Å². The predicted molar refractivity (Wildman–Crippen MR) is 101 cm³/mol. The Morgan fingerprint density at radius 2 is 1.78 bits per heavy atom. The molecule has 0 aliphatic carbocycles. The number of fused-ring (bicyclic) bond motifs is 1. The van der Waals surface area contributed by atoms with E-state index in [1.807, 2.05) is 43.0 Å². The van der Waals surface area contributed by atoms with Crippen LogP contribution < -0.4 is 15.5 Å². The zero-order chi connectivity index (χ0) is 19.8. The summed E-state index contributed by atoms with van der Waals surface area (Å²) in [6.07, 6.45) is -4.53. The molecule has 1 atom stereocenters. The van der Waals surface area contributed by atoms with Gasteiger partial charge in [0.05, 0.1) is 22.6 Å². The number of carbonyl (C=O) groups is 1. The van der Waals surface area contributed by atoms with E-state index >= 15 is 0 Å². The van der Waals surface area contributed by atoms with Crippen molar-refractivity contribution in [2.24, 2.45) is 0 Å². The average Bonchev–Trinajstić information content (AvgIpc) is 2.59. The second-order valence-electron chi connectivity index (χ2n) is 7.36. The van der Waals surface area contributed by atoms with Crippen LogP contribution in [0, 0.1) is 0 Å². The normalized spacial score (nSPS) is 16.9. The number of amides is 1. The Morgan fingerprint density at radius 3 is 2.48 bits per heavy atom. The van der Waals surface area contributed by atoms with E-state index in [4.69, 9.17) is 0 Å². The smallest absolute Gasteiger partial charge is 0.377 e. The minimum absolute atomic E-state index is 0.232. The monoisotopic (exact) mass is 377 g/mol. The van der Waals surface area contributed by atoms with E-state index in [9.17, 15) is 18.0 Å². The number of hydrogen-bond acceptors (Lipinski definition) is 3. The van der Waals surface area contributed by atoms with Gasteiger partial charge in [-0.2, -0.15) is 13.2 Å². The van der Waals surface area contributed by atoms with Gasteiger partial charge in [0.15, 0.2) is 0 Å². The zero-order valence-electron chi connectivity index (χ0n) is 15.4. The number of anilines is 3. The molecule has 2 N–H and O–H groups in total. The van der Waals surface area contributed by atoms with Crippen LogP contribution in [0.4, 0.5) is 30.2 Å². The Labute approximate surface area is 156 Å². The lowest BCUT2D eigenvalue weighted by atomic mass is 9.97. The molecule has 2 aromatic rings. The van der Waals surface area contributed by atoms with Crippen LogP contribution >= 0.6 is 0 Å². The Kier molecular flexibility index (Phi) is 4.80. The van der Waals surface area contributed by atoms with Crippen molar-refractivity contribution in [1.82, 2.24) is 0 Å². The summed E-state index contributed by atoms with van der Waals surface area (Å²) in [6, 6.07) is 11.9. The van der Waals surface area contributed by atoms with E-state index in [1.165, 1.54) is 18.2 Å². The molecule has 27 heavy (non-hydrogen) atoms. The van der Waals surface area contributed by atoms with Crippen LogP contribution in [-0.2, 0) is 11.0 Å². The third-order valence-electron chi connectivity index (χ3n) is 4.59. The van der Waals surface area contributed by atoms with Crippen molar-refractivity contribution in [2.75, 3.05) is 22.1 Å². The van der Waals surface area contributed by atoms with Gasteiger partial charge in [-0.3, -0.25) is 4.79 Å². The fourth-order valence-electron chi connectivity index (χ4n) is 3.31. The maximum atomic E-state index is 13.2. The standard InChI is InChI=1S/C20H22F3N3O/c1-13(18(27)24-15-9-5-4-8-14(15)20(21,22)23)26-12-19(2,3)25-16-10-6-7-11-17(16)26/h4-11,13,25H,12H2,1-3H3,(H,24,27). The first kappa shape index (κ1) is 19.1. The van der Waals surface area contributed by atoms with Gasteiger partial charge in [-0.05, 0) is 45.0 Å². The van der Waals surface area contributed by atoms with E-state index in [-0.39, 0.29) is 11.2 Å². The first-order valence-electron chi connectivity index (χ1n) is 8.69. The summed E-state index contributed by atoms with van der Waals surface area (Å²) in [5.41, 5.74) is 0.371. The predicted octanol–water partition coefficient (Wildman–Crippen LogP) is 4.74. The lowest BCUT2D eigenvalue weighted by Crippen LogP contribution is -2.54. The summed E-state index contributed by atoms with van der Waals surface area (Å²) >= 11 is 0. The molecule has 2 aromatic carbocycles. The van der Waals surface area contributed by atoms with Crippen LogP contribution in [-0.4, -0.2) is 24.0 Å². The highest BCUT2D eigenvalue weighted by Gasteiger charge is 2.36. The summed E-state index contributed by atoms with van der Waals surface area (Å²) in [4.78, 5) is 14.7. The van der Waals surface area contributed by atoms with Gasteiger partial charge in [0.2, 0.25) is 5.91 Å². The highest BCUT2D eigenvalue weighted by molar-refractivity contribution is 5.98. The molecule has 3 rings (SSSR count). The van der Waals surface area contributed by atoms with Gasteiger partial charge in [-0.25, -0.2) is 0 Å². The molecule has 7 heteroatoms. The molecule has 0 saturated carbocycles. The fraction of sp³-hybridized carbons (Fsp3) is 0.350. The lowest BCUT2D eigenvalue weighted by Gasteiger charge is -2.44. The third kappa shape index (κ3) is 4.02. The van der Waals surface area contributed by atoms with Gasteiger partial charge in [0.1, 0.15) is 6.04 Å². The van der Waals surface area contributed by atoms with Crippen molar-refractivity contribution in [1.29, 1.82) is 0 Å². The van der Waals surface area contributed by atoms with E-state index in [1.54, 1.807) is 6.92 Å². The second kappa shape index (κ2) is 6.79. The quantitative estimate of drug-likeness (QED) is 0.812. The van der Waals surface area contributed by atoms with Gasteiger partial charge in [0, 0.05) is 12.1 Å². The van der Waals surface area contributed by atoms with Gasteiger partial charge >= 0.3 is 6.18 Å². The van der Waals surface area contributed by atoms with Crippen molar-refractivity contribution in [2.45, 2.75) is 38.5 Å². The van der Waals surface area contributed by atoms with Crippen LogP contribution in [0.5, 0.6) is 0 Å². The van der Waals surface area contributed by atoms with E-state index in [2.05, 4.69) is 10.6 Å². The zero-order valence-corrected chi connectivity index (χ0v) is 15.4. The van der Waals surface area contributed by atoms with Crippen LogP contribution in [0.3, 0.4) is 0 Å². The van der Waals surface area contributed by atoms with Crippen LogP contribution in [0.1, 0.15) is 26.3 Å². The SMILES string of the molecule is CC(C(=O)Nc1ccccc1C(F)(F)F)N1CC(C)(C)Nc2ccccc21. The van der Waals surface area contributed by atoms with Gasteiger partial charge in [-0.15, -0.1) is 0 Å². The van der Waals surface area contributed by atoms with Crippen LogP contribution in [0.2, 0.25) is 0 Å². The van der Waals surface area contributed by atoms with E-state index in [0.29, 0.717) is 6.54 Å². The van der Waals surface area contributed by atoms with Gasteiger partial charge in [-0.1, -0.05) is 24.3 Å². The Morgan fingerprint density at radius 1 is 1.15 bits per heavy atom. The van der Waals surface area contributed by atoms with Crippen molar-refractivity contribution < 1.29 is 18.0 Å². The number of hydrogen-bond donors (Lipinski definition) is 2. The second-order valence-corrected chi connectivity index (χ2v) is 7.36. The topological polar surface area (TPSA) is 44.4 Å². The molecular weight excluding hydrogens is 355 g/mol. The van der Waals surface area contributed by atoms with Crippen molar-refractivity contribution >= 4 is 23.0 Å². The van der Waals surface area contributed by atoms with Crippen molar-refractivity contribution in [3.8, 4) is 0 Å². The molecule has 1 aliphatic heterocycles. The van der Waals surface area contributed by atoms with E-state index < -0.39 is 23.7 Å². The number of para-hydroxylation sites is 3. The fourth-order valence-corrected chi connectivity index (χ4v) is 3.31. The molecule has 144 valence electrons. The third-order valence-corrected chi connectivity index (χ3v) is 4.59. The summed E-state index contributed by atoms with van der Waals surface area (Å²) in [7, 11) is 0. The Hall–Kier alpha value is -2.70. The first-order chi connectivity index (χ1) is 12.6. The van der Waals surface area contributed by atoms with Crippen LogP contribution in [0.25, 0.3) is 0 Å². The first-order valence-corrected chi connectivity index (χ1v) is 8.69. The molecule has 4 nitrogen and oxygen atoms in total. The average molecular weight is 377 g/mol. The molecular formula is C20H22F3N3O. The largest absolute Gasteiger partial charge is 0.418 e. The molecule has 0 fully saturated rings. The molecule has 0 bridgehead atoms. The number of nitrogens with one attached hydrogen (secondary N) is 2. The number of nitrogens with zero attached hydrogens (tertiary/aromatic N) is 1. The van der Waals surface area contributed by atoms with E-state index in [0.717, 1.165) is 17.4 Å². The molecule has 1 unspecified atom stereocenters. The molecule has 0 spiro atoms. The maximum absolute atomic E-state index is 13.2. The minimum Gasteiger partial charge on any atom is -0.377 e. The molecule has 0 saturated heterocycles. The highest BCUT2D eigenvalue weighted by atomic mass is 19.4. The Balaban J connectivity index is 1.87. The summed E-state index contributed by atoms with van der Waals surface area (Å²) in [5, 5.41) is 5.87. The minimum atomic E-state index is -4.53. The molecule has 1 aliphatic rings. The number of alkyl halides is 3. The van der Waals surface area contributed by atoms with Crippen molar-refractivity contribution in [3.05, 3.63) is 54.1 Å². The summed E-state index contributed by atoms with van der Waals surface area (Å²) in [6.45, 7) is 6.27. The van der Waals surface area contributed by atoms with Crippen LogP contribution in [0.15, 0.2) is 48.5 Å². The van der Waals surface area contributed by atoms with Gasteiger partial charge < -0.3 is 15.5 Å². The lowest BCUT2D eigenvalue weighted by molar-refractivity contribution is -0.137. The highest BCUT2D eigenvalue weighted by Crippen LogP contribution is 2.37. The molecule has 0 radical (unpaired) electrons. The Bertz CT molecular complexity index is 848. The summed E-state index contributed by atoms with van der Waals surface area (Å²) in [5.74, 6) is -0.487. The molecule has 1 amide bonds.